The number of ether oxygens (including phenoxy) is 1. The van der Waals surface area contributed by atoms with Crippen LogP contribution in [0.4, 0.5) is 0 Å². The van der Waals surface area contributed by atoms with Crippen molar-refractivity contribution in [1.29, 1.82) is 0 Å². The predicted molar refractivity (Wildman–Crippen MR) is 61.3 cm³/mol. The Balaban J connectivity index is 1.75. The van der Waals surface area contributed by atoms with Crippen molar-refractivity contribution in [2.75, 3.05) is 13.2 Å². The predicted octanol–water partition coefficient (Wildman–Crippen LogP) is 0.619. The molecule has 0 bridgehead atoms. The van der Waals surface area contributed by atoms with E-state index < -0.39 is 0 Å². The van der Waals surface area contributed by atoms with Gasteiger partial charge in [-0.2, -0.15) is 4.73 Å². The van der Waals surface area contributed by atoms with Crippen molar-refractivity contribution >= 4 is 5.91 Å². The van der Waals surface area contributed by atoms with Crippen LogP contribution in [0.1, 0.15) is 29.6 Å². The van der Waals surface area contributed by atoms with E-state index in [1.54, 1.807) is 0 Å². The van der Waals surface area contributed by atoms with Gasteiger partial charge in [-0.3, -0.25) is 4.79 Å². The number of rotatable bonds is 4. The van der Waals surface area contributed by atoms with E-state index >= 15 is 0 Å². The Morgan fingerprint density at radius 3 is 2.94 bits per heavy atom. The van der Waals surface area contributed by atoms with Crippen LogP contribution < -0.4 is 10.0 Å². The third kappa shape index (κ3) is 3.42. The first kappa shape index (κ1) is 11.9. The second kappa shape index (κ2) is 5.63. The number of nitrogens with one attached hydrogen (secondary N) is 1. The van der Waals surface area contributed by atoms with Crippen LogP contribution in [0.3, 0.4) is 0 Å². The maximum absolute atomic E-state index is 11.7. The van der Waals surface area contributed by atoms with Gasteiger partial charge in [0, 0.05) is 25.3 Å². The molecule has 1 atom stereocenters. The fraction of sp³-hybridized carbons (Fsp3) is 0.500. The lowest BCUT2D eigenvalue weighted by Gasteiger charge is -2.09. The largest absolute Gasteiger partial charge is 0.619 e. The molecular weight excluding hydrogens is 220 g/mol. The second-order valence-corrected chi connectivity index (χ2v) is 4.13. The van der Waals surface area contributed by atoms with Gasteiger partial charge in [-0.15, -0.1) is 0 Å². The zero-order valence-electron chi connectivity index (χ0n) is 9.59. The Morgan fingerprint density at radius 2 is 2.29 bits per heavy atom. The standard InChI is InChI=1S/C12H16N2O3/c15-12(10-4-7-14(16)8-5-10)13-6-3-11-2-1-9-17-11/h4-5,7-8,11H,1-3,6,9H2,(H,13,15). The second-order valence-electron chi connectivity index (χ2n) is 4.13. The fourth-order valence-corrected chi connectivity index (χ4v) is 1.88. The van der Waals surface area contributed by atoms with Gasteiger partial charge in [-0.25, -0.2) is 0 Å². The molecule has 5 nitrogen and oxygen atoms in total. The molecule has 2 rings (SSSR count). The lowest BCUT2D eigenvalue weighted by Crippen LogP contribution is -2.29. The summed E-state index contributed by atoms with van der Waals surface area (Å²) in [5.41, 5.74) is 0.504. The van der Waals surface area contributed by atoms with E-state index in [-0.39, 0.29) is 12.0 Å². The molecule has 1 aliphatic heterocycles. The minimum Gasteiger partial charge on any atom is -0.619 e. The van der Waals surface area contributed by atoms with Gasteiger partial charge in [-0.05, 0) is 19.3 Å². The average molecular weight is 236 g/mol. The molecule has 1 aromatic rings. The van der Waals surface area contributed by atoms with Crippen LogP contribution in [0.15, 0.2) is 24.5 Å². The summed E-state index contributed by atoms with van der Waals surface area (Å²) < 4.78 is 6.12. The van der Waals surface area contributed by atoms with Gasteiger partial charge in [0.1, 0.15) is 0 Å². The van der Waals surface area contributed by atoms with Crippen LogP contribution in [-0.2, 0) is 4.74 Å². The molecule has 0 aliphatic carbocycles. The summed E-state index contributed by atoms with van der Waals surface area (Å²) in [6.07, 6.45) is 5.96. The first-order valence-corrected chi connectivity index (χ1v) is 5.84. The molecule has 0 radical (unpaired) electrons. The van der Waals surface area contributed by atoms with Crippen molar-refractivity contribution in [2.24, 2.45) is 0 Å². The van der Waals surface area contributed by atoms with Crippen LogP contribution in [-0.4, -0.2) is 25.2 Å². The Kier molecular flexibility index (Phi) is 3.93. The molecule has 1 N–H and O–H groups in total. The van der Waals surface area contributed by atoms with Crippen molar-refractivity contribution < 1.29 is 14.3 Å². The van der Waals surface area contributed by atoms with Crippen molar-refractivity contribution in [3.8, 4) is 0 Å². The van der Waals surface area contributed by atoms with Crippen LogP contribution in [0, 0.1) is 5.21 Å². The van der Waals surface area contributed by atoms with E-state index in [0.717, 1.165) is 25.9 Å². The van der Waals surface area contributed by atoms with Crippen LogP contribution in [0.2, 0.25) is 0 Å². The third-order valence-corrected chi connectivity index (χ3v) is 2.84. The maximum Gasteiger partial charge on any atom is 0.251 e. The quantitative estimate of drug-likeness (QED) is 0.615. The summed E-state index contributed by atoms with van der Waals surface area (Å²) in [4.78, 5) is 11.7. The van der Waals surface area contributed by atoms with Crippen LogP contribution in [0.25, 0.3) is 0 Å². The van der Waals surface area contributed by atoms with Gasteiger partial charge in [0.25, 0.3) is 5.91 Å². The molecule has 0 aromatic carbocycles. The summed E-state index contributed by atoms with van der Waals surface area (Å²) in [7, 11) is 0. The van der Waals surface area contributed by atoms with E-state index in [1.165, 1.54) is 24.5 Å². The average Bonchev–Trinajstić information content (AvgIpc) is 2.83. The number of nitrogens with zero attached hydrogens (tertiary/aromatic N) is 1. The van der Waals surface area contributed by atoms with E-state index in [9.17, 15) is 10.0 Å². The maximum atomic E-state index is 11.7. The van der Waals surface area contributed by atoms with Crippen molar-refractivity contribution in [3.05, 3.63) is 35.3 Å². The molecule has 1 saturated heterocycles. The topological polar surface area (TPSA) is 65.3 Å². The van der Waals surface area contributed by atoms with Crippen molar-refractivity contribution in [3.63, 3.8) is 0 Å². The SMILES string of the molecule is O=C(NCCC1CCCO1)c1cc[n+]([O-])cc1. The van der Waals surface area contributed by atoms with E-state index in [2.05, 4.69) is 5.32 Å². The highest BCUT2D eigenvalue weighted by Crippen LogP contribution is 2.14. The number of hydrogen-bond donors (Lipinski definition) is 1. The van der Waals surface area contributed by atoms with Gasteiger partial charge < -0.3 is 15.3 Å². The van der Waals surface area contributed by atoms with Crippen molar-refractivity contribution in [1.82, 2.24) is 5.32 Å². The summed E-state index contributed by atoms with van der Waals surface area (Å²) >= 11 is 0. The van der Waals surface area contributed by atoms with Crippen LogP contribution >= 0.6 is 0 Å². The molecule has 1 unspecified atom stereocenters. The first-order valence-electron chi connectivity index (χ1n) is 5.84. The first-order chi connectivity index (χ1) is 8.25. The molecule has 1 aromatic heterocycles. The molecule has 1 aliphatic rings. The molecule has 1 amide bonds. The van der Waals surface area contributed by atoms with Crippen LogP contribution in [0.5, 0.6) is 0 Å². The van der Waals surface area contributed by atoms with Gasteiger partial charge in [-0.1, -0.05) is 0 Å². The minimum atomic E-state index is -0.149. The molecule has 5 heteroatoms. The van der Waals surface area contributed by atoms with Gasteiger partial charge in [0.15, 0.2) is 12.4 Å². The number of aromatic nitrogens is 1. The van der Waals surface area contributed by atoms with Gasteiger partial charge in [0.2, 0.25) is 0 Å². The Bertz CT molecular complexity index is 372. The van der Waals surface area contributed by atoms with Crippen molar-refractivity contribution in [2.45, 2.75) is 25.4 Å². The number of pyridine rings is 1. The monoisotopic (exact) mass is 236 g/mol. The molecule has 2 heterocycles. The molecular formula is C12H16N2O3. The van der Waals surface area contributed by atoms with Gasteiger partial charge >= 0.3 is 0 Å². The summed E-state index contributed by atoms with van der Waals surface area (Å²) in [5.74, 6) is -0.149. The number of carbonyl (C=O) groups is 1. The Morgan fingerprint density at radius 1 is 1.53 bits per heavy atom. The zero-order chi connectivity index (χ0) is 12.1. The highest BCUT2D eigenvalue weighted by atomic mass is 16.5. The highest BCUT2D eigenvalue weighted by Gasteiger charge is 2.15. The number of carbonyl (C=O) groups excluding carboxylic acids is 1. The number of amides is 1. The number of hydrogen-bond acceptors (Lipinski definition) is 3. The summed E-state index contributed by atoms with van der Waals surface area (Å²) in [6.45, 7) is 1.44. The fourth-order valence-electron chi connectivity index (χ4n) is 1.88. The highest BCUT2D eigenvalue weighted by molar-refractivity contribution is 5.93. The zero-order valence-corrected chi connectivity index (χ0v) is 9.59. The molecule has 92 valence electrons. The molecule has 0 spiro atoms. The van der Waals surface area contributed by atoms with E-state index in [1.807, 2.05) is 0 Å². The third-order valence-electron chi connectivity index (χ3n) is 2.84. The lowest BCUT2D eigenvalue weighted by atomic mass is 10.2. The van der Waals surface area contributed by atoms with E-state index in [4.69, 9.17) is 4.74 Å². The minimum absolute atomic E-state index is 0.149. The Labute approximate surface area is 100.0 Å². The normalized spacial score (nSPS) is 19.2. The summed E-state index contributed by atoms with van der Waals surface area (Å²) in [5, 5.41) is 13.6. The lowest BCUT2D eigenvalue weighted by molar-refractivity contribution is -0.605. The molecule has 1 fully saturated rings. The molecule has 17 heavy (non-hydrogen) atoms. The molecule has 0 saturated carbocycles. The van der Waals surface area contributed by atoms with E-state index in [0.29, 0.717) is 16.8 Å². The Hall–Kier alpha value is -1.62. The summed E-state index contributed by atoms with van der Waals surface area (Å²) in [6, 6.07) is 3.02. The smallest absolute Gasteiger partial charge is 0.251 e. The van der Waals surface area contributed by atoms with Gasteiger partial charge in [0.05, 0.1) is 11.7 Å².